The first-order valence-electron chi connectivity index (χ1n) is 2.96. The molecule has 0 radical (unpaired) electrons. The van der Waals surface area contributed by atoms with Gasteiger partial charge >= 0.3 is 6.09 Å². The summed E-state index contributed by atoms with van der Waals surface area (Å²) in [5.41, 5.74) is 0. The van der Waals surface area contributed by atoms with Crippen LogP contribution in [0.15, 0.2) is 12.2 Å². The lowest BCUT2D eigenvalue weighted by Crippen LogP contribution is -2.28. The van der Waals surface area contributed by atoms with E-state index in [1.165, 1.54) is 6.08 Å². The Morgan fingerprint density at radius 1 is 1.50 bits per heavy atom. The van der Waals surface area contributed by atoms with Crippen molar-refractivity contribution in [1.29, 1.82) is 0 Å². The maximum Gasteiger partial charge on any atom is 0.408 e. The predicted molar refractivity (Wildman–Crippen MR) is 31.3 cm³/mol. The normalized spacial score (nSPS) is 35.6. The first kappa shape index (κ1) is 5.46. The van der Waals surface area contributed by atoms with E-state index >= 15 is 0 Å². The van der Waals surface area contributed by atoms with E-state index in [1.807, 2.05) is 0 Å². The van der Waals surface area contributed by atoms with Crippen molar-refractivity contribution in [1.82, 2.24) is 5.32 Å². The van der Waals surface area contributed by atoms with Gasteiger partial charge in [-0.1, -0.05) is 6.08 Å². The number of ether oxygens (including phenoxy) is 1. The molecule has 1 N–H and O–H groups in total. The molecule has 0 aromatic heterocycles. The molecule has 1 aliphatic heterocycles. The van der Waals surface area contributed by atoms with Crippen LogP contribution in [0.25, 0.3) is 0 Å². The van der Waals surface area contributed by atoms with Crippen LogP contribution in [0.2, 0.25) is 0 Å². The highest BCUT2D eigenvalue weighted by atomic mass is 16.6. The highest BCUT2D eigenvalue weighted by Crippen LogP contribution is 2.16. The monoisotopic (exact) mass is 139 g/mol. The number of hydrogen-bond acceptors (Lipinski definition) is 3. The van der Waals surface area contributed by atoms with E-state index in [-0.39, 0.29) is 11.8 Å². The van der Waals surface area contributed by atoms with Crippen molar-refractivity contribution < 1.29 is 14.3 Å². The number of hydrogen-bond donors (Lipinski definition) is 1. The maximum absolute atomic E-state index is 10.8. The summed E-state index contributed by atoms with van der Waals surface area (Å²) in [5, 5.41) is 2.48. The van der Waals surface area contributed by atoms with Gasteiger partial charge in [0.25, 0.3) is 0 Å². The number of fused-ring (bicyclic) bond motifs is 1. The van der Waals surface area contributed by atoms with Gasteiger partial charge in [0.1, 0.15) is 0 Å². The van der Waals surface area contributed by atoms with Crippen molar-refractivity contribution in [3.8, 4) is 0 Å². The molecule has 1 aliphatic carbocycles. The molecule has 1 heterocycles. The molecule has 1 saturated heterocycles. The average Bonchev–Trinajstić information content (AvgIpc) is 2.35. The van der Waals surface area contributed by atoms with Crippen molar-refractivity contribution in [2.75, 3.05) is 0 Å². The largest absolute Gasteiger partial charge is 0.435 e. The molecule has 0 aromatic carbocycles. The fraction of sp³-hybridized carbons (Fsp3) is 0.333. The van der Waals surface area contributed by atoms with E-state index in [1.54, 1.807) is 6.08 Å². The van der Waals surface area contributed by atoms with E-state index in [0.717, 1.165) is 0 Å². The summed E-state index contributed by atoms with van der Waals surface area (Å²) in [6.45, 7) is 0. The molecule has 1 fully saturated rings. The summed E-state index contributed by atoms with van der Waals surface area (Å²) in [5.74, 6) is -0.136. The van der Waals surface area contributed by atoms with Gasteiger partial charge in [-0.2, -0.15) is 0 Å². The Hall–Kier alpha value is -1.32. The highest BCUT2D eigenvalue weighted by molar-refractivity contribution is 6.00. The number of nitrogens with one attached hydrogen (secondary N) is 1. The van der Waals surface area contributed by atoms with Crippen LogP contribution in [0.4, 0.5) is 4.79 Å². The van der Waals surface area contributed by atoms with Gasteiger partial charge in [0.15, 0.2) is 11.9 Å². The van der Waals surface area contributed by atoms with Gasteiger partial charge in [-0.25, -0.2) is 4.79 Å². The summed E-state index contributed by atoms with van der Waals surface area (Å²) >= 11 is 0. The predicted octanol–water partition coefficient (Wildman–Crippen LogP) is -0.398. The molecule has 0 saturated carbocycles. The Bertz CT molecular complexity index is 233. The first-order chi connectivity index (χ1) is 4.77. The van der Waals surface area contributed by atoms with Crippen LogP contribution in [0, 0.1) is 0 Å². The van der Waals surface area contributed by atoms with E-state index in [0.29, 0.717) is 0 Å². The second-order valence-corrected chi connectivity index (χ2v) is 2.26. The van der Waals surface area contributed by atoms with Crippen LogP contribution in [-0.4, -0.2) is 24.0 Å². The zero-order chi connectivity index (χ0) is 7.14. The van der Waals surface area contributed by atoms with Crippen molar-refractivity contribution in [2.45, 2.75) is 12.1 Å². The van der Waals surface area contributed by atoms with E-state index < -0.39 is 12.2 Å². The van der Waals surface area contributed by atoms with E-state index in [4.69, 9.17) is 0 Å². The van der Waals surface area contributed by atoms with Crippen LogP contribution >= 0.6 is 0 Å². The maximum atomic E-state index is 10.8. The summed E-state index contributed by atoms with van der Waals surface area (Å²) in [6, 6.07) is -0.222. The molecule has 52 valence electrons. The average molecular weight is 139 g/mol. The number of amides is 1. The molecule has 0 aromatic rings. The van der Waals surface area contributed by atoms with Crippen LogP contribution in [-0.2, 0) is 9.53 Å². The minimum Gasteiger partial charge on any atom is -0.435 e. The molecule has 0 bridgehead atoms. The van der Waals surface area contributed by atoms with Crippen LogP contribution in [0.3, 0.4) is 0 Å². The molecule has 1 amide bonds. The molecule has 0 spiro atoms. The molecule has 0 unspecified atom stereocenters. The molecular weight excluding hydrogens is 134 g/mol. The number of alkyl carbamates (subject to hydrolysis) is 1. The second-order valence-electron chi connectivity index (χ2n) is 2.26. The zero-order valence-electron chi connectivity index (χ0n) is 5.03. The number of carbonyl (C=O) groups excluding carboxylic acids is 2. The van der Waals surface area contributed by atoms with E-state index in [2.05, 4.69) is 10.1 Å². The Balaban J connectivity index is 2.26. The lowest BCUT2D eigenvalue weighted by Gasteiger charge is -2.01. The lowest BCUT2D eigenvalue weighted by atomic mass is 10.2. The Morgan fingerprint density at radius 3 is 3.00 bits per heavy atom. The number of rotatable bonds is 0. The third-order valence-corrected chi connectivity index (χ3v) is 1.59. The molecule has 2 rings (SSSR count). The molecular formula is C6H5NO3. The van der Waals surface area contributed by atoms with Gasteiger partial charge < -0.3 is 10.1 Å². The van der Waals surface area contributed by atoms with Gasteiger partial charge in [0.2, 0.25) is 0 Å². The molecule has 4 nitrogen and oxygen atoms in total. The van der Waals surface area contributed by atoms with Crippen LogP contribution in [0.5, 0.6) is 0 Å². The Labute approximate surface area is 56.8 Å². The highest BCUT2D eigenvalue weighted by Gasteiger charge is 2.40. The third kappa shape index (κ3) is 0.556. The molecule has 4 heteroatoms. The van der Waals surface area contributed by atoms with Crippen LogP contribution in [0.1, 0.15) is 0 Å². The lowest BCUT2D eigenvalue weighted by molar-refractivity contribution is -0.120. The molecule has 10 heavy (non-hydrogen) atoms. The SMILES string of the molecule is O=C1N[C@H]2C=CC(=O)[C@H]2O1. The Kier molecular flexibility index (Phi) is 0.869. The Morgan fingerprint density at radius 2 is 2.30 bits per heavy atom. The van der Waals surface area contributed by atoms with Gasteiger partial charge in [-0.15, -0.1) is 0 Å². The van der Waals surface area contributed by atoms with Crippen LogP contribution < -0.4 is 5.32 Å². The third-order valence-electron chi connectivity index (χ3n) is 1.59. The fourth-order valence-electron chi connectivity index (χ4n) is 1.11. The topological polar surface area (TPSA) is 55.4 Å². The summed E-state index contributed by atoms with van der Waals surface area (Å²) in [4.78, 5) is 21.3. The summed E-state index contributed by atoms with van der Waals surface area (Å²) < 4.78 is 4.64. The number of carbonyl (C=O) groups is 2. The van der Waals surface area contributed by atoms with Gasteiger partial charge in [0.05, 0.1) is 6.04 Å². The van der Waals surface area contributed by atoms with Gasteiger partial charge in [0, 0.05) is 0 Å². The van der Waals surface area contributed by atoms with Gasteiger partial charge in [-0.05, 0) is 6.08 Å². The van der Waals surface area contributed by atoms with Crippen molar-refractivity contribution in [3.05, 3.63) is 12.2 Å². The van der Waals surface area contributed by atoms with Crippen molar-refractivity contribution in [3.63, 3.8) is 0 Å². The summed E-state index contributed by atoms with van der Waals surface area (Å²) in [7, 11) is 0. The minimum absolute atomic E-state index is 0.136. The minimum atomic E-state index is -0.590. The fourth-order valence-corrected chi connectivity index (χ4v) is 1.11. The zero-order valence-corrected chi connectivity index (χ0v) is 5.03. The van der Waals surface area contributed by atoms with Crippen molar-refractivity contribution in [2.24, 2.45) is 0 Å². The quantitative estimate of drug-likeness (QED) is 0.497. The molecule has 2 aliphatic rings. The van der Waals surface area contributed by atoms with Gasteiger partial charge in [-0.3, -0.25) is 4.79 Å². The van der Waals surface area contributed by atoms with E-state index in [9.17, 15) is 9.59 Å². The molecule has 2 atom stereocenters. The summed E-state index contributed by atoms with van der Waals surface area (Å²) in [6.07, 6.45) is 1.97. The second kappa shape index (κ2) is 1.59. The standard InChI is InChI=1S/C6H5NO3/c8-4-2-1-3-5(4)10-6(9)7-3/h1-3,5H,(H,7,9)/t3-,5-/m0/s1. The smallest absolute Gasteiger partial charge is 0.408 e. The number of ketones is 1. The van der Waals surface area contributed by atoms with Crippen molar-refractivity contribution >= 4 is 11.9 Å². The first-order valence-corrected chi connectivity index (χ1v) is 2.96.